The van der Waals surface area contributed by atoms with Crippen molar-refractivity contribution in [1.29, 1.82) is 0 Å². The fourth-order valence-electron chi connectivity index (χ4n) is 2.93. The number of ether oxygens (including phenoxy) is 2. The Morgan fingerprint density at radius 2 is 2.03 bits per heavy atom. The van der Waals surface area contributed by atoms with Crippen LogP contribution in [0.1, 0.15) is 30.9 Å². The second-order valence-electron chi connectivity index (χ2n) is 6.69. The van der Waals surface area contributed by atoms with Crippen molar-refractivity contribution in [2.75, 3.05) is 13.2 Å². The van der Waals surface area contributed by atoms with Gasteiger partial charge in [0, 0.05) is 23.6 Å². The first-order valence-electron chi connectivity index (χ1n) is 9.85. The Labute approximate surface area is 196 Å². The number of nitrogens with zero attached hydrogens (tertiary/aromatic N) is 1. The molecule has 1 amide bonds. The number of carbonyl (C=O) groups is 2. The van der Waals surface area contributed by atoms with Gasteiger partial charge in [-0.25, -0.2) is 0 Å². The highest BCUT2D eigenvalue weighted by atomic mass is 35.5. The van der Waals surface area contributed by atoms with Crippen LogP contribution in [0.15, 0.2) is 53.4 Å². The number of hydrogen-bond donors (Lipinski definition) is 0. The molecule has 1 aliphatic rings. The molecule has 1 heterocycles. The van der Waals surface area contributed by atoms with Crippen molar-refractivity contribution < 1.29 is 19.1 Å². The van der Waals surface area contributed by atoms with Crippen molar-refractivity contribution in [2.24, 2.45) is 0 Å². The third kappa shape index (κ3) is 6.56. The normalized spacial score (nSPS) is 14.9. The minimum atomic E-state index is -0.267. The van der Waals surface area contributed by atoms with Crippen molar-refractivity contribution >= 4 is 57.9 Å². The van der Waals surface area contributed by atoms with Crippen LogP contribution in [0.3, 0.4) is 0 Å². The summed E-state index contributed by atoms with van der Waals surface area (Å²) in [6.45, 7) is 2.86. The predicted molar refractivity (Wildman–Crippen MR) is 128 cm³/mol. The molecule has 5 nitrogen and oxygen atoms in total. The van der Waals surface area contributed by atoms with Gasteiger partial charge in [-0.15, -0.1) is 0 Å². The van der Waals surface area contributed by atoms with E-state index in [1.54, 1.807) is 13.0 Å². The summed E-state index contributed by atoms with van der Waals surface area (Å²) in [6, 6.07) is 15.0. The zero-order valence-electron chi connectivity index (χ0n) is 17.0. The molecule has 31 heavy (non-hydrogen) atoms. The summed E-state index contributed by atoms with van der Waals surface area (Å²) in [4.78, 5) is 26.3. The molecule has 162 valence electrons. The highest BCUT2D eigenvalue weighted by Crippen LogP contribution is 2.33. The first-order valence-corrected chi connectivity index (χ1v) is 11.5. The second kappa shape index (κ2) is 11.3. The van der Waals surface area contributed by atoms with Crippen LogP contribution >= 0.6 is 35.6 Å². The van der Waals surface area contributed by atoms with Gasteiger partial charge in [-0.2, -0.15) is 0 Å². The number of thiocarbonyl (C=S) groups is 1. The molecule has 2 aromatic carbocycles. The lowest BCUT2D eigenvalue weighted by atomic mass is 10.2. The van der Waals surface area contributed by atoms with E-state index < -0.39 is 0 Å². The van der Waals surface area contributed by atoms with E-state index in [1.807, 2.05) is 48.5 Å². The van der Waals surface area contributed by atoms with E-state index >= 15 is 0 Å². The van der Waals surface area contributed by atoms with Gasteiger partial charge in [0.2, 0.25) is 0 Å². The van der Waals surface area contributed by atoms with Gasteiger partial charge in [-0.3, -0.25) is 14.5 Å². The maximum absolute atomic E-state index is 12.7. The largest absolute Gasteiger partial charge is 0.489 e. The summed E-state index contributed by atoms with van der Waals surface area (Å²) >= 11 is 12.8. The minimum absolute atomic E-state index is 0.152. The van der Waals surface area contributed by atoms with Crippen LogP contribution < -0.4 is 4.74 Å². The molecule has 0 saturated carbocycles. The maximum atomic E-state index is 12.7. The lowest BCUT2D eigenvalue weighted by Gasteiger charge is -2.13. The standard InChI is InChI=1S/C23H22ClNO4S2/c1-2-28-21(26)11-6-12-25-22(27)20(31-23(25)30)14-16-7-5-9-18(13-16)29-15-17-8-3-4-10-19(17)24/h3-5,7-10,13-14H,2,6,11-12,15H2,1H3/b20-14+. The van der Waals surface area contributed by atoms with Gasteiger partial charge in [-0.1, -0.05) is 65.9 Å². The van der Waals surface area contributed by atoms with Gasteiger partial charge in [0.15, 0.2) is 0 Å². The number of benzene rings is 2. The van der Waals surface area contributed by atoms with Crippen LogP contribution in [0.2, 0.25) is 5.02 Å². The molecule has 1 saturated heterocycles. The Kier molecular flexibility index (Phi) is 8.51. The Balaban J connectivity index is 1.61. The third-order valence-electron chi connectivity index (χ3n) is 4.45. The molecule has 0 atom stereocenters. The lowest BCUT2D eigenvalue weighted by molar-refractivity contribution is -0.143. The zero-order valence-corrected chi connectivity index (χ0v) is 19.4. The van der Waals surface area contributed by atoms with Gasteiger partial charge in [-0.05, 0) is 43.2 Å². The topological polar surface area (TPSA) is 55.8 Å². The van der Waals surface area contributed by atoms with E-state index in [9.17, 15) is 9.59 Å². The molecule has 8 heteroatoms. The number of thioether (sulfide) groups is 1. The molecule has 0 bridgehead atoms. The average Bonchev–Trinajstić information content (AvgIpc) is 3.01. The van der Waals surface area contributed by atoms with Gasteiger partial charge in [0.05, 0.1) is 11.5 Å². The van der Waals surface area contributed by atoms with E-state index in [4.69, 9.17) is 33.3 Å². The van der Waals surface area contributed by atoms with Crippen LogP contribution in [-0.4, -0.2) is 34.2 Å². The fourth-order valence-corrected chi connectivity index (χ4v) is 4.43. The number of halogens is 1. The van der Waals surface area contributed by atoms with E-state index in [0.717, 1.165) is 11.1 Å². The third-order valence-corrected chi connectivity index (χ3v) is 6.20. The highest BCUT2D eigenvalue weighted by Gasteiger charge is 2.31. The predicted octanol–water partition coefficient (Wildman–Crippen LogP) is 5.46. The van der Waals surface area contributed by atoms with Gasteiger partial charge in [0.1, 0.15) is 16.7 Å². The molecule has 2 aromatic rings. The molecule has 0 N–H and O–H groups in total. The van der Waals surface area contributed by atoms with E-state index in [0.29, 0.717) is 46.2 Å². The summed E-state index contributed by atoms with van der Waals surface area (Å²) in [5.74, 6) is 0.261. The van der Waals surface area contributed by atoms with Gasteiger partial charge < -0.3 is 9.47 Å². The first-order chi connectivity index (χ1) is 15.0. The Hall–Kier alpha value is -2.35. The number of amides is 1. The number of rotatable bonds is 9. The average molecular weight is 476 g/mol. The molecular formula is C23H22ClNO4S2. The Morgan fingerprint density at radius 3 is 2.81 bits per heavy atom. The molecule has 0 unspecified atom stereocenters. The van der Waals surface area contributed by atoms with Crippen LogP contribution in [0, 0.1) is 0 Å². The molecule has 3 rings (SSSR count). The summed E-state index contributed by atoms with van der Waals surface area (Å²) < 4.78 is 11.3. The Morgan fingerprint density at radius 1 is 1.23 bits per heavy atom. The van der Waals surface area contributed by atoms with Crippen LogP contribution in [0.25, 0.3) is 6.08 Å². The molecule has 0 aliphatic carbocycles. The summed E-state index contributed by atoms with van der Waals surface area (Å²) in [5, 5.41) is 0.658. The zero-order chi connectivity index (χ0) is 22.2. The summed E-state index contributed by atoms with van der Waals surface area (Å²) in [5.41, 5.74) is 1.74. The smallest absolute Gasteiger partial charge is 0.305 e. The van der Waals surface area contributed by atoms with Crippen LogP contribution in [-0.2, 0) is 20.9 Å². The minimum Gasteiger partial charge on any atom is -0.489 e. The van der Waals surface area contributed by atoms with E-state index in [1.165, 1.54) is 16.7 Å². The summed E-state index contributed by atoms with van der Waals surface area (Å²) in [6.07, 6.45) is 2.56. The Bertz CT molecular complexity index is 1010. The van der Waals surface area contributed by atoms with Crippen molar-refractivity contribution in [1.82, 2.24) is 4.90 Å². The second-order valence-corrected chi connectivity index (χ2v) is 8.78. The lowest BCUT2D eigenvalue weighted by Crippen LogP contribution is -2.29. The molecule has 1 fully saturated rings. The molecule has 0 aromatic heterocycles. The van der Waals surface area contributed by atoms with E-state index in [-0.39, 0.29) is 18.3 Å². The summed E-state index contributed by atoms with van der Waals surface area (Å²) in [7, 11) is 0. The van der Waals surface area contributed by atoms with Gasteiger partial charge >= 0.3 is 5.97 Å². The van der Waals surface area contributed by atoms with Crippen LogP contribution in [0.4, 0.5) is 0 Å². The molecule has 0 radical (unpaired) electrons. The monoisotopic (exact) mass is 475 g/mol. The van der Waals surface area contributed by atoms with Crippen LogP contribution in [0.5, 0.6) is 5.75 Å². The van der Waals surface area contributed by atoms with Gasteiger partial charge in [0.25, 0.3) is 5.91 Å². The van der Waals surface area contributed by atoms with Crippen molar-refractivity contribution in [3.8, 4) is 5.75 Å². The number of esters is 1. The SMILES string of the molecule is CCOC(=O)CCCN1C(=O)/C(=C\c2cccc(OCc3ccccc3Cl)c2)SC1=S. The molecular weight excluding hydrogens is 454 g/mol. The number of hydrogen-bond acceptors (Lipinski definition) is 6. The highest BCUT2D eigenvalue weighted by molar-refractivity contribution is 8.26. The maximum Gasteiger partial charge on any atom is 0.305 e. The van der Waals surface area contributed by atoms with E-state index in [2.05, 4.69) is 0 Å². The molecule has 0 spiro atoms. The first kappa shape index (κ1) is 23.3. The van der Waals surface area contributed by atoms with Crippen molar-refractivity contribution in [3.05, 3.63) is 69.6 Å². The molecule has 1 aliphatic heterocycles. The fraction of sp³-hybridized carbons (Fsp3) is 0.261. The number of carbonyl (C=O) groups excluding carboxylic acids is 2. The quantitative estimate of drug-likeness (QED) is 0.272. The van der Waals surface area contributed by atoms with Crippen molar-refractivity contribution in [2.45, 2.75) is 26.4 Å². The van der Waals surface area contributed by atoms with Crippen molar-refractivity contribution in [3.63, 3.8) is 0 Å².